The Labute approximate surface area is 113 Å². The average molecular weight is 267 g/mol. The molecule has 0 aromatic carbocycles. The number of likely N-dealkylation sites (tertiary alicyclic amines) is 2. The van der Waals surface area contributed by atoms with Crippen LogP contribution in [0.15, 0.2) is 0 Å². The zero-order valence-corrected chi connectivity index (χ0v) is 11.5. The van der Waals surface area contributed by atoms with Gasteiger partial charge in [-0.15, -0.1) is 0 Å². The van der Waals surface area contributed by atoms with E-state index in [-0.39, 0.29) is 23.8 Å². The Bertz CT molecular complexity index is 395. The van der Waals surface area contributed by atoms with E-state index in [4.69, 9.17) is 4.74 Å². The molecule has 0 spiro atoms. The third-order valence-corrected chi connectivity index (χ3v) is 4.57. The summed E-state index contributed by atoms with van der Waals surface area (Å²) in [5.41, 5.74) is 0. The first-order valence-corrected chi connectivity index (χ1v) is 6.92. The predicted octanol–water partition coefficient (Wildman–Crippen LogP) is -0.994. The van der Waals surface area contributed by atoms with Gasteiger partial charge in [0.1, 0.15) is 0 Å². The molecule has 19 heavy (non-hydrogen) atoms. The lowest BCUT2D eigenvalue weighted by molar-refractivity contribution is -0.146. The van der Waals surface area contributed by atoms with Crippen LogP contribution in [0.3, 0.4) is 0 Å². The van der Waals surface area contributed by atoms with Crippen LogP contribution < -0.4 is 0 Å². The fourth-order valence-corrected chi connectivity index (χ4v) is 3.19. The summed E-state index contributed by atoms with van der Waals surface area (Å²) in [7, 11) is 2.09. The molecule has 3 aliphatic rings. The molecule has 0 bridgehead atoms. The van der Waals surface area contributed by atoms with Crippen molar-refractivity contribution in [3.05, 3.63) is 0 Å². The maximum atomic E-state index is 12.4. The van der Waals surface area contributed by atoms with E-state index >= 15 is 0 Å². The van der Waals surface area contributed by atoms with E-state index in [9.17, 15) is 9.59 Å². The molecular formula is C13H21N3O3. The first-order chi connectivity index (χ1) is 9.06. The third-order valence-electron chi connectivity index (χ3n) is 4.57. The van der Waals surface area contributed by atoms with Gasteiger partial charge in [-0.1, -0.05) is 0 Å². The Kier molecular flexibility index (Phi) is 3.22. The van der Waals surface area contributed by atoms with Crippen molar-refractivity contribution in [3.8, 4) is 0 Å². The van der Waals surface area contributed by atoms with E-state index in [0.717, 1.165) is 19.7 Å². The Balaban J connectivity index is 1.56. The maximum Gasteiger partial charge on any atom is 0.229 e. The summed E-state index contributed by atoms with van der Waals surface area (Å²) in [6.45, 7) is 5.86. The topological polar surface area (TPSA) is 53.1 Å². The quantitative estimate of drug-likeness (QED) is 0.612. The molecule has 3 aliphatic heterocycles. The van der Waals surface area contributed by atoms with Crippen molar-refractivity contribution >= 4 is 11.8 Å². The number of morpholine rings is 1. The summed E-state index contributed by atoms with van der Waals surface area (Å²) in [4.78, 5) is 29.4. The van der Waals surface area contributed by atoms with E-state index in [2.05, 4.69) is 11.9 Å². The molecule has 0 unspecified atom stereocenters. The predicted molar refractivity (Wildman–Crippen MR) is 68.5 cm³/mol. The molecule has 106 valence electrons. The van der Waals surface area contributed by atoms with Gasteiger partial charge in [-0.2, -0.15) is 0 Å². The number of nitrogens with zero attached hydrogens (tertiary/aromatic N) is 3. The highest BCUT2D eigenvalue weighted by Gasteiger charge is 2.44. The fraction of sp³-hybridized carbons (Fsp3) is 0.846. The second-order valence-corrected chi connectivity index (χ2v) is 5.82. The molecular weight excluding hydrogens is 246 g/mol. The van der Waals surface area contributed by atoms with Crippen molar-refractivity contribution < 1.29 is 14.3 Å². The Morgan fingerprint density at radius 1 is 1.11 bits per heavy atom. The maximum absolute atomic E-state index is 12.4. The molecule has 0 aromatic rings. The van der Waals surface area contributed by atoms with Gasteiger partial charge in [-0.3, -0.25) is 14.5 Å². The molecule has 0 aliphatic carbocycles. The first-order valence-electron chi connectivity index (χ1n) is 6.92. The lowest BCUT2D eigenvalue weighted by Gasteiger charge is -2.39. The Morgan fingerprint density at radius 3 is 2.47 bits per heavy atom. The minimum absolute atomic E-state index is 0.00522. The van der Waals surface area contributed by atoms with Crippen LogP contribution in [0.5, 0.6) is 0 Å². The first kappa shape index (κ1) is 12.9. The van der Waals surface area contributed by atoms with Gasteiger partial charge in [0, 0.05) is 39.6 Å². The summed E-state index contributed by atoms with van der Waals surface area (Å²) in [6, 6.07) is 0.335. The molecule has 2 amide bonds. The standard InChI is InChI=1S/C13H21N3O3/c1-9(17)15-5-10(6-15)13(18)16-7-11-12(8-16)19-4-3-14(11)2/h10-12H,3-8H2,1-2H3/t11-,12+/m0/s1. The fourth-order valence-electron chi connectivity index (χ4n) is 3.19. The van der Waals surface area contributed by atoms with Crippen molar-refractivity contribution in [1.29, 1.82) is 0 Å². The van der Waals surface area contributed by atoms with Gasteiger partial charge in [-0.25, -0.2) is 0 Å². The molecule has 0 aromatic heterocycles. The second kappa shape index (κ2) is 4.76. The number of hydrogen-bond donors (Lipinski definition) is 0. The van der Waals surface area contributed by atoms with Crippen LogP contribution in [0.1, 0.15) is 6.92 Å². The monoisotopic (exact) mass is 267 g/mol. The minimum atomic E-state index is -0.00522. The highest BCUT2D eigenvalue weighted by Crippen LogP contribution is 2.25. The zero-order chi connectivity index (χ0) is 13.6. The SMILES string of the molecule is CC(=O)N1CC(C(=O)N2C[C@H]3OCCN(C)[C@H]3C2)C1. The molecule has 0 N–H and O–H groups in total. The van der Waals surface area contributed by atoms with Gasteiger partial charge >= 0.3 is 0 Å². The van der Waals surface area contributed by atoms with Crippen molar-refractivity contribution in [3.63, 3.8) is 0 Å². The molecule has 0 saturated carbocycles. The van der Waals surface area contributed by atoms with Crippen molar-refractivity contribution in [2.75, 3.05) is 46.4 Å². The minimum Gasteiger partial charge on any atom is -0.373 e. The summed E-state index contributed by atoms with van der Waals surface area (Å²) in [5, 5.41) is 0. The van der Waals surface area contributed by atoms with Gasteiger partial charge in [0.2, 0.25) is 11.8 Å². The highest BCUT2D eigenvalue weighted by atomic mass is 16.5. The van der Waals surface area contributed by atoms with Crippen LogP contribution in [0.2, 0.25) is 0 Å². The molecule has 0 radical (unpaired) electrons. The Morgan fingerprint density at radius 2 is 1.84 bits per heavy atom. The van der Waals surface area contributed by atoms with E-state index in [1.54, 1.807) is 11.8 Å². The molecule has 3 saturated heterocycles. The number of carbonyl (C=O) groups excluding carboxylic acids is 2. The summed E-state index contributed by atoms with van der Waals surface area (Å²) in [6.07, 6.45) is 0.159. The van der Waals surface area contributed by atoms with Crippen LogP contribution in [0.4, 0.5) is 0 Å². The molecule has 3 heterocycles. The number of hydrogen-bond acceptors (Lipinski definition) is 4. The number of amides is 2. The lowest BCUT2D eigenvalue weighted by Crippen LogP contribution is -2.55. The van der Waals surface area contributed by atoms with Gasteiger partial charge < -0.3 is 14.5 Å². The summed E-state index contributed by atoms with van der Waals surface area (Å²) >= 11 is 0. The van der Waals surface area contributed by atoms with Crippen molar-refractivity contribution in [1.82, 2.24) is 14.7 Å². The van der Waals surface area contributed by atoms with Gasteiger partial charge in [0.05, 0.1) is 24.7 Å². The van der Waals surface area contributed by atoms with E-state index in [0.29, 0.717) is 25.7 Å². The number of likely N-dealkylation sites (N-methyl/N-ethyl adjacent to an activating group) is 1. The number of rotatable bonds is 1. The molecule has 3 rings (SSSR count). The van der Waals surface area contributed by atoms with Crippen LogP contribution in [0, 0.1) is 5.92 Å². The summed E-state index contributed by atoms with van der Waals surface area (Å²) in [5.74, 6) is 0.237. The smallest absolute Gasteiger partial charge is 0.229 e. The normalized spacial score (nSPS) is 32.1. The van der Waals surface area contributed by atoms with Gasteiger partial charge in [-0.05, 0) is 7.05 Å². The van der Waals surface area contributed by atoms with Crippen LogP contribution in [-0.2, 0) is 14.3 Å². The van der Waals surface area contributed by atoms with E-state index < -0.39 is 0 Å². The highest BCUT2D eigenvalue weighted by molar-refractivity contribution is 5.84. The third kappa shape index (κ3) is 2.23. The second-order valence-electron chi connectivity index (χ2n) is 5.82. The zero-order valence-electron chi connectivity index (χ0n) is 11.5. The molecule has 6 nitrogen and oxygen atoms in total. The number of ether oxygens (including phenoxy) is 1. The number of carbonyl (C=O) groups is 2. The summed E-state index contributed by atoms with van der Waals surface area (Å²) < 4.78 is 5.74. The average Bonchev–Trinajstić information content (AvgIpc) is 2.71. The molecule has 3 fully saturated rings. The van der Waals surface area contributed by atoms with Crippen molar-refractivity contribution in [2.45, 2.75) is 19.1 Å². The van der Waals surface area contributed by atoms with Gasteiger partial charge in [0.25, 0.3) is 0 Å². The molecule has 2 atom stereocenters. The Hall–Kier alpha value is -1.14. The van der Waals surface area contributed by atoms with Gasteiger partial charge in [0.15, 0.2) is 0 Å². The van der Waals surface area contributed by atoms with Crippen LogP contribution in [-0.4, -0.2) is 85.0 Å². The van der Waals surface area contributed by atoms with Crippen LogP contribution in [0.25, 0.3) is 0 Å². The largest absolute Gasteiger partial charge is 0.373 e. The lowest BCUT2D eigenvalue weighted by atomic mass is 9.98. The van der Waals surface area contributed by atoms with E-state index in [1.165, 1.54) is 0 Å². The van der Waals surface area contributed by atoms with Crippen molar-refractivity contribution in [2.24, 2.45) is 5.92 Å². The number of fused-ring (bicyclic) bond motifs is 1. The molecule has 6 heteroatoms. The van der Waals surface area contributed by atoms with Crippen LogP contribution >= 0.6 is 0 Å². The van der Waals surface area contributed by atoms with E-state index in [1.807, 2.05) is 4.90 Å².